The lowest BCUT2D eigenvalue weighted by molar-refractivity contribution is -0.133. The van der Waals surface area contributed by atoms with E-state index in [0.29, 0.717) is 5.57 Å². The van der Waals surface area contributed by atoms with Crippen LogP contribution < -0.4 is 0 Å². The molecule has 0 spiro atoms. The van der Waals surface area contributed by atoms with E-state index in [0.717, 1.165) is 24.1 Å². The number of hydrogen-bond acceptors (Lipinski definition) is 3. The van der Waals surface area contributed by atoms with Gasteiger partial charge in [0.25, 0.3) is 0 Å². The molecule has 4 heteroatoms. The van der Waals surface area contributed by atoms with Gasteiger partial charge < -0.3 is 4.74 Å². The van der Waals surface area contributed by atoms with Crippen molar-refractivity contribution in [3.63, 3.8) is 0 Å². The maximum absolute atomic E-state index is 11.4. The standard InChI is InChI=1S/C10H12N2O2/c1-12-9-5-3-4-7(10(13)14-2)8(9)6-11-12/h4,6H,3,5H2,1-2H3. The van der Waals surface area contributed by atoms with Crippen molar-refractivity contribution in [3.05, 3.63) is 23.5 Å². The van der Waals surface area contributed by atoms with Crippen LogP contribution >= 0.6 is 0 Å². The van der Waals surface area contributed by atoms with Crippen LogP contribution in [0.5, 0.6) is 0 Å². The largest absolute Gasteiger partial charge is 0.465 e. The summed E-state index contributed by atoms with van der Waals surface area (Å²) in [4.78, 5) is 11.4. The number of esters is 1. The average molecular weight is 192 g/mol. The monoisotopic (exact) mass is 192 g/mol. The first kappa shape index (κ1) is 8.99. The molecule has 1 aliphatic carbocycles. The second-order valence-corrected chi connectivity index (χ2v) is 3.28. The fraction of sp³-hybridized carbons (Fsp3) is 0.400. The minimum Gasteiger partial charge on any atom is -0.465 e. The van der Waals surface area contributed by atoms with Gasteiger partial charge in [0.1, 0.15) is 0 Å². The molecule has 0 aromatic carbocycles. The zero-order chi connectivity index (χ0) is 10.1. The lowest BCUT2D eigenvalue weighted by atomic mass is 9.97. The fourth-order valence-corrected chi connectivity index (χ4v) is 1.75. The Balaban J connectivity index is 2.45. The maximum Gasteiger partial charge on any atom is 0.338 e. The highest BCUT2D eigenvalue weighted by Gasteiger charge is 2.21. The van der Waals surface area contributed by atoms with Gasteiger partial charge in [0, 0.05) is 18.3 Å². The van der Waals surface area contributed by atoms with Crippen molar-refractivity contribution >= 4 is 11.5 Å². The predicted molar refractivity (Wildman–Crippen MR) is 51.5 cm³/mol. The molecule has 2 rings (SSSR count). The minimum atomic E-state index is -0.279. The molecule has 1 aromatic heterocycles. The number of carbonyl (C=O) groups excluding carboxylic acids is 1. The third kappa shape index (κ3) is 1.23. The summed E-state index contributed by atoms with van der Waals surface area (Å²) in [7, 11) is 3.28. The topological polar surface area (TPSA) is 44.1 Å². The summed E-state index contributed by atoms with van der Waals surface area (Å²) in [6.07, 6.45) is 5.44. The Hall–Kier alpha value is -1.58. The molecule has 0 atom stereocenters. The van der Waals surface area contributed by atoms with Gasteiger partial charge in [-0.05, 0) is 12.8 Å². The van der Waals surface area contributed by atoms with Gasteiger partial charge in [0.05, 0.1) is 18.9 Å². The van der Waals surface area contributed by atoms with E-state index in [-0.39, 0.29) is 5.97 Å². The highest BCUT2D eigenvalue weighted by molar-refractivity contribution is 6.17. The highest BCUT2D eigenvalue weighted by atomic mass is 16.5. The number of methoxy groups -OCH3 is 1. The van der Waals surface area contributed by atoms with Crippen molar-refractivity contribution in [2.45, 2.75) is 12.8 Å². The average Bonchev–Trinajstić information content (AvgIpc) is 2.59. The van der Waals surface area contributed by atoms with Crippen LogP contribution in [0.3, 0.4) is 0 Å². The van der Waals surface area contributed by atoms with Gasteiger partial charge in [-0.1, -0.05) is 6.08 Å². The van der Waals surface area contributed by atoms with Crippen LogP contribution in [0.2, 0.25) is 0 Å². The Morgan fingerprint density at radius 3 is 3.14 bits per heavy atom. The van der Waals surface area contributed by atoms with E-state index in [2.05, 4.69) is 5.10 Å². The van der Waals surface area contributed by atoms with Gasteiger partial charge in [-0.2, -0.15) is 5.10 Å². The molecule has 1 aromatic rings. The summed E-state index contributed by atoms with van der Waals surface area (Å²) in [6, 6.07) is 0. The number of aromatic nitrogens is 2. The van der Waals surface area contributed by atoms with Crippen molar-refractivity contribution in [2.24, 2.45) is 7.05 Å². The third-order valence-corrected chi connectivity index (χ3v) is 2.49. The molecule has 0 saturated carbocycles. The van der Waals surface area contributed by atoms with Gasteiger partial charge in [0.15, 0.2) is 0 Å². The Bertz CT molecular complexity index is 404. The Morgan fingerprint density at radius 2 is 2.43 bits per heavy atom. The molecule has 0 N–H and O–H groups in total. The number of ether oxygens (including phenoxy) is 1. The van der Waals surface area contributed by atoms with E-state index in [9.17, 15) is 4.79 Å². The molecule has 0 bridgehead atoms. The molecule has 4 nitrogen and oxygen atoms in total. The van der Waals surface area contributed by atoms with E-state index in [4.69, 9.17) is 4.74 Å². The predicted octanol–water partition coefficient (Wildman–Crippen LogP) is 0.923. The van der Waals surface area contributed by atoms with Gasteiger partial charge in [-0.3, -0.25) is 4.68 Å². The molecule has 0 unspecified atom stereocenters. The van der Waals surface area contributed by atoms with Crippen LogP contribution in [0.25, 0.3) is 5.57 Å². The van der Waals surface area contributed by atoms with Crippen LogP contribution in [-0.2, 0) is 23.0 Å². The second kappa shape index (κ2) is 3.29. The molecule has 0 saturated heterocycles. The van der Waals surface area contributed by atoms with Crippen LogP contribution in [-0.4, -0.2) is 22.9 Å². The Labute approximate surface area is 82.2 Å². The van der Waals surface area contributed by atoms with Crippen LogP contribution in [0.15, 0.2) is 12.3 Å². The van der Waals surface area contributed by atoms with E-state index in [1.807, 2.05) is 17.8 Å². The molecule has 0 amide bonds. The number of nitrogens with zero attached hydrogens (tertiary/aromatic N) is 2. The van der Waals surface area contributed by atoms with Gasteiger partial charge in [-0.15, -0.1) is 0 Å². The smallest absolute Gasteiger partial charge is 0.338 e. The lowest BCUT2D eigenvalue weighted by Gasteiger charge is -2.12. The SMILES string of the molecule is COC(=O)C1=CCCc2c1cnn2C. The van der Waals surface area contributed by atoms with Crippen LogP contribution in [0, 0.1) is 0 Å². The molecular formula is C10H12N2O2. The summed E-state index contributed by atoms with van der Waals surface area (Å²) in [5, 5.41) is 4.13. The van der Waals surface area contributed by atoms with E-state index in [1.165, 1.54) is 7.11 Å². The zero-order valence-corrected chi connectivity index (χ0v) is 8.28. The summed E-state index contributed by atoms with van der Waals surface area (Å²) in [6.45, 7) is 0. The van der Waals surface area contributed by atoms with Gasteiger partial charge in [0.2, 0.25) is 0 Å². The molecule has 0 radical (unpaired) electrons. The molecular weight excluding hydrogens is 180 g/mol. The quantitative estimate of drug-likeness (QED) is 0.621. The number of aryl methyl sites for hydroxylation is 1. The van der Waals surface area contributed by atoms with Crippen molar-refractivity contribution in [1.82, 2.24) is 9.78 Å². The first-order valence-corrected chi connectivity index (χ1v) is 4.53. The lowest BCUT2D eigenvalue weighted by Crippen LogP contribution is -2.10. The molecule has 74 valence electrons. The van der Waals surface area contributed by atoms with E-state index in [1.54, 1.807) is 6.20 Å². The van der Waals surface area contributed by atoms with Crippen molar-refractivity contribution in [1.29, 1.82) is 0 Å². The Kier molecular flexibility index (Phi) is 2.11. The van der Waals surface area contributed by atoms with Gasteiger partial charge >= 0.3 is 5.97 Å². The third-order valence-electron chi connectivity index (χ3n) is 2.49. The fourth-order valence-electron chi connectivity index (χ4n) is 1.75. The number of carbonyl (C=O) groups is 1. The first-order valence-electron chi connectivity index (χ1n) is 4.53. The number of hydrogen-bond donors (Lipinski definition) is 0. The zero-order valence-electron chi connectivity index (χ0n) is 8.28. The summed E-state index contributed by atoms with van der Waals surface area (Å²) >= 11 is 0. The van der Waals surface area contributed by atoms with E-state index >= 15 is 0 Å². The number of allylic oxidation sites excluding steroid dienone is 1. The first-order chi connectivity index (χ1) is 6.74. The molecule has 14 heavy (non-hydrogen) atoms. The molecule has 1 aliphatic rings. The minimum absolute atomic E-state index is 0.279. The van der Waals surface area contributed by atoms with Crippen molar-refractivity contribution < 1.29 is 9.53 Å². The van der Waals surface area contributed by atoms with Crippen molar-refractivity contribution in [3.8, 4) is 0 Å². The summed E-state index contributed by atoms with van der Waals surface area (Å²) in [5.74, 6) is -0.279. The molecule has 0 fully saturated rings. The number of rotatable bonds is 1. The summed E-state index contributed by atoms with van der Waals surface area (Å²) < 4.78 is 6.52. The maximum atomic E-state index is 11.4. The molecule has 0 aliphatic heterocycles. The Morgan fingerprint density at radius 1 is 1.64 bits per heavy atom. The van der Waals surface area contributed by atoms with Crippen molar-refractivity contribution in [2.75, 3.05) is 7.11 Å². The highest BCUT2D eigenvalue weighted by Crippen LogP contribution is 2.26. The molecule has 1 heterocycles. The van der Waals surface area contributed by atoms with E-state index < -0.39 is 0 Å². The van der Waals surface area contributed by atoms with Crippen LogP contribution in [0.4, 0.5) is 0 Å². The summed E-state index contributed by atoms with van der Waals surface area (Å²) in [5.41, 5.74) is 2.65. The number of fused-ring (bicyclic) bond motifs is 1. The van der Waals surface area contributed by atoms with Gasteiger partial charge in [-0.25, -0.2) is 4.79 Å². The van der Waals surface area contributed by atoms with Crippen LogP contribution in [0.1, 0.15) is 17.7 Å². The normalized spacial score (nSPS) is 14.6. The second-order valence-electron chi connectivity index (χ2n) is 3.28.